The van der Waals surface area contributed by atoms with Crippen molar-refractivity contribution in [2.45, 2.75) is 103 Å². The number of carbonyl (C=O) groups is 2. The molecule has 0 bridgehead atoms. The van der Waals surface area contributed by atoms with Gasteiger partial charge in [-0.3, -0.25) is 14.6 Å². The topological polar surface area (TPSA) is 53.1 Å². The molecule has 1 aromatic carbocycles. The van der Waals surface area contributed by atoms with Crippen LogP contribution in [0.2, 0.25) is 0 Å². The minimum absolute atomic E-state index is 0.108. The Morgan fingerprint density at radius 3 is 2.32 bits per heavy atom. The fourth-order valence-electron chi connectivity index (χ4n) is 7.16. The van der Waals surface area contributed by atoms with Gasteiger partial charge in [-0.15, -0.1) is 0 Å². The van der Waals surface area contributed by atoms with E-state index < -0.39 is 23.8 Å². The minimum atomic E-state index is -5.10. The molecule has 6 nitrogen and oxygen atoms in total. The molecule has 3 heterocycles. The number of hydrogen-bond donors (Lipinski definition) is 0. The third-order valence-corrected chi connectivity index (χ3v) is 9.15. The molecule has 204 valence electrons. The van der Waals surface area contributed by atoms with Crippen molar-refractivity contribution in [2.75, 3.05) is 29.4 Å². The van der Waals surface area contributed by atoms with Crippen LogP contribution in [0.4, 0.5) is 24.5 Å². The molecule has 1 spiro atoms. The van der Waals surface area contributed by atoms with Gasteiger partial charge < -0.3 is 9.64 Å². The maximum atomic E-state index is 13.7. The number of ether oxygens (including phenoxy) is 1. The van der Waals surface area contributed by atoms with Gasteiger partial charge in [0.15, 0.2) is 6.23 Å². The van der Waals surface area contributed by atoms with Crippen molar-refractivity contribution in [3.8, 4) is 0 Å². The van der Waals surface area contributed by atoms with E-state index in [0.717, 1.165) is 56.4 Å². The fraction of sp³-hybridized carbons (Fsp3) is 0.714. The summed E-state index contributed by atoms with van der Waals surface area (Å²) >= 11 is 0. The number of aryl methyl sites for hydroxylation is 1. The van der Waals surface area contributed by atoms with E-state index in [1.807, 2.05) is 25.1 Å². The average molecular weight is 522 g/mol. The molecule has 4 aliphatic rings. The van der Waals surface area contributed by atoms with Gasteiger partial charge in [0.1, 0.15) is 0 Å². The van der Waals surface area contributed by atoms with Crippen molar-refractivity contribution in [1.82, 2.24) is 4.90 Å². The summed E-state index contributed by atoms with van der Waals surface area (Å²) in [6, 6.07) is 7.04. The number of piperidine rings is 1. The van der Waals surface area contributed by atoms with Crippen LogP contribution in [0.25, 0.3) is 0 Å². The van der Waals surface area contributed by atoms with Crippen LogP contribution < -0.4 is 9.80 Å². The first-order valence-corrected chi connectivity index (χ1v) is 13.8. The number of hydrogen-bond acceptors (Lipinski definition) is 5. The Bertz CT molecular complexity index is 1020. The van der Waals surface area contributed by atoms with Gasteiger partial charge in [-0.05, 0) is 82.7 Å². The number of likely N-dealkylation sites (tertiary alicyclic amines) is 1. The molecule has 0 N–H and O–H groups in total. The van der Waals surface area contributed by atoms with Gasteiger partial charge in [-0.2, -0.15) is 13.2 Å². The van der Waals surface area contributed by atoms with E-state index >= 15 is 0 Å². The van der Waals surface area contributed by atoms with E-state index in [1.54, 1.807) is 0 Å². The normalized spacial score (nSPS) is 27.3. The van der Waals surface area contributed by atoms with Gasteiger partial charge in [0.05, 0.1) is 11.1 Å². The summed E-state index contributed by atoms with van der Waals surface area (Å²) in [6.07, 6.45) is 2.45. The first-order chi connectivity index (χ1) is 17.6. The summed E-state index contributed by atoms with van der Waals surface area (Å²) in [4.78, 5) is 31.8. The number of esters is 1. The van der Waals surface area contributed by atoms with Crippen molar-refractivity contribution < 1.29 is 27.5 Å². The number of nitrogens with zero attached hydrogens (tertiary/aromatic N) is 3. The highest BCUT2D eigenvalue weighted by atomic mass is 19.4. The second-order valence-corrected chi connectivity index (χ2v) is 11.5. The van der Waals surface area contributed by atoms with Crippen molar-refractivity contribution >= 4 is 23.3 Å². The van der Waals surface area contributed by atoms with Gasteiger partial charge in [0.25, 0.3) is 0 Å². The Hall–Kier alpha value is -2.29. The molecule has 1 saturated carbocycles. The molecule has 3 saturated heterocycles. The molecule has 1 aliphatic carbocycles. The molecule has 5 rings (SSSR count). The van der Waals surface area contributed by atoms with Crippen LogP contribution in [0.5, 0.6) is 0 Å². The molecule has 3 aliphatic heterocycles. The zero-order valence-electron chi connectivity index (χ0n) is 21.9. The second-order valence-electron chi connectivity index (χ2n) is 11.5. The maximum Gasteiger partial charge on any atom is 0.491 e. The van der Waals surface area contributed by atoms with Crippen LogP contribution in [0, 0.1) is 12.3 Å². The first-order valence-electron chi connectivity index (χ1n) is 13.8. The molecule has 1 amide bonds. The van der Waals surface area contributed by atoms with Gasteiger partial charge in [0, 0.05) is 37.3 Å². The molecule has 4 fully saturated rings. The van der Waals surface area contributed by atoms with E-state index in [2.05, 4.69) is 16.7 Å². The standard InChI is InChI=1S/C28H38F3N3O3/c1-19-17-22(32-15-10-21(11-16-32)33-14-6-7-20(33)2)8-9-23(19)34-24(37-26(36)28(29,30)31)18-27(25(34)35)12-4-3-5-13-27/h8-9,17,20-21,24H,3-7,10-16,18H2,1-2H3/t20-,24?/m0/s1. The fourth-order valence-corrected chi connectivity index (χ4v) is 7.16. The zero-order chi connectivity index (χ0) is 26.4. The molecule has 2 atom stereocenters. The lowest BCUT2D eigenvalue weighted by Crippen LogP contribution is -2.46. The Morgan fingerprint density at radius 2 is 1.73 bits per heavy atom. The van der Waals surface area contributed by atoms with Crippen molar-refractivity contribution in [2.24, 2.45) is 5.41 Å². The highest BCUT2D eigenvalue weighted by Gasteiger charge is 2.55. The molecular formula is C28H38F3N3O3. The van der Waals surface area contributed by atoms with Crippen LogP contribution in [0.1, 0.15) is 76.7 Å². The van der Waals surface area contributed by atoms with Crippen LogP contribution in [0.3, 0.4) is 0 Å². The SMILES string of the molecule is Cc1cc(N2CCC(N3CCC[C@@H]3C)CC2)ccc1N1C(=O)C2(CCCCC2)CC1OC(=O)C(F)(F)F. The van der Waals surface area contributed by atoms with E-state index in [9.17, 15) is 22.8 Å². The van der Waals surface area contributed by atoms with Crippen LogP contribution in [0.15, 0.2) is 18.2 Å². The minimum Gasteiger partial charge on any atom is -0.434 e. The monoisotopic (exact) mass is 521 g/mol. The Labute approximate surface area is 217 Å². The number of anilines is 2. The summed E-state index contributed by atoms with van der Waals surface area (Å²) in [6.45, 7) is 7.27. The third-order valence-electron chi connectivity index (χ3n) is 9.15. The molecule has 0 radical (unpaired) electrons. The number of benzene rings is 1. The smallest absolute Gasteiger partial charge is 0.434 e. The predicted molar refractivity (Wildman–Crippen MR) is 135 cm³/mol. The molecule has 1 aromatic rings. The lowest BCUT2D eigenvalue weighted by Gasteiger charge is -2.39. The van der Waals surface area contributed by atoms with Gasteiger partial charge in [0.2, 0.25) is 5.91 Å². The van der Waals surface area contributed by atoms with Crippen LogP contribution >= 0.6 is 0 Å². The quantitative estimate of drug-likeness (QED) is 0.485. The maximum absolute atomic E-state index is 13.7. The highest BCUT2D eigenvalue weighted by Crippen LogP contribution is 2.50. The van der Waals surface area contributed by atoms with Gasteiger partial charge in [-0.25, -0.2) is 4.79 Å². The number of alkyl halides is 3. The number of rotatable bonds is 4. The van der Waals surface area contributed by atoms with Crippen molar-refractivity contribution in [1.29, 1.82) is 0 Å². The largest absolute Gasteiger partial charge is 0.491 e. The van der Waals surface area contributed by atoms with E-state index in [0.29, 0.717) is 30.6 Å². The van der Waals surface area contributed by atoms with E-state index in [1.165, 1.54) is 24.3 Å². The predicted octanol–water partition coefficient (Wildman–Crippen LogP) is 5.57. The summed E-state index contributed by atoms with van der Waals surface area (Å²) in [5.74, 6) is -2.46. The van der Waals surface area contributed by atoms with Crippen molar-refractivity contribution in [3.05, 3.63) is 23.8 Å². The van der Waals surface area contributed by atoms with E-state index in [-0.39, 0.29) is 12.3 Å². The van der Waals surface area contributed by atoms with Crippen molar-refractivity contribution in [3.63, 3.8) is 0 Å². The number of amides is 1. The first kappa shape index (κ1) is 26.3. The van der Waals surface area contributed by atoms with Gasteiger partial charge in [-0.1, -0.05) is 19.3 Å². The summed E-state index contributed by atoms with van der Waals surface area (Å²) < 4.78 is 44.1. The lowest BCUT2D eigenvalue weighted by molar-refractivity contribution is -0.204. The Balaban J connectivity index is 1.34. The second kappa shape index (κ2) is 10.1. The molecule has 0 aromatic heterocycles. The number of carbonyl (C=O) groups excluding carboxylic acids is 2. The average Bonchev–Trinajstić information content (AvgIpc) is 3.40. The van der Waals surface area contributed by atoms with Crippen LogP contribution in [-0.4, -0.2) is 60.9 Å². The number of halogens is 3. The zero-order valence-corrected chi connectivity index (χ0v) is 21.9. The van der Waals surface area contributed by atoms with E-state index in [4.69, 9.17) is 4.74 Å². The molecule has 9 heteroatoms. The van der Waals surface area contributed by atoms with Gasteiger partial charge >= 0.3 is 12.1 Å². The van der Waals surface area contributed by atoms with Crippen LogP contribution in [-0.2, 0) is 14.3 Å². The Morgan fingerprint density at radius 1 is 1.03 bits per heavy atom. The third kappa shape index (κ3) is 5.08. The molecular weight excluding hydrogens is 483 g/mol. The summed E-state index contributed by atoms with van der Waals surface area (Å²) in [5, 5.41) is 0. The highest BCUT2D eigenvalue weighted by molar-refractivity contribution is 6.01. The molecule has 1 unspecified atom stereocenters. The molecule has 37 heavy (non-hydrogen) atoms. The summed E-state index contributed by atoms with van der Waals surface area (Å²) in [7, 11) is 0. The lowest BCUT2D eigenvalue weighted by atomic mass is 9.73. The Kier molecular flexibility index (Phi) is 7.20. The summed E-state index contributed by atoms with van der Waals surface area (Å²) in [5.41, 5.74) is 1.62.